The van der Waals surface area contributed by atoms with Crippen molar-refractivity contribution in [2.45, 2.75) is 12.7 Å². The predicted octanol–water partition coefficient (Wildman–Crippen LogP) is -0.871. The molecule has 1 atom stereocenters. The van der Waals surface area contributed by atoms with Crippen molar-refractivity contribution in [3.05, 3.63) is 36.1 Å². The van der Waals surface area contributed by atoms with E-state index in [2.05, 4.69) is 30.8 Å². The molecule has 0 fully saturated rings. The summed E-state index contributed by atoms with van der Waals surface area (Å²) >= 11 is 0. The van der Waals surface area contributed by atoms with Gasteiger partial charge in [-0.25, -0.2) is 19.3 Å². The molecule has 10 nitrogen and oxygen atoms in total. The molecule has 0 aliphatic carbocycles. The third kappa shape index (κ3) is 1.81. The SMILES string of the molecule is N=c1nc2c(cnn2CCN)c2n1NC(c1ncccn1)N2. The highest BCUT2D eigenvalue weighted by molar-refractivity contribution is 5.87. The van der Waals surface area contributed by atoms with Crippen LogP contribution in [-0.2, 0) is 6.54 Å². The van der Waals surface area contributed by atoms with Gasteiger partial charge in [0.15, 0.2) is 17.6 Å². The lowest BCUT2D eigenvalue weighted by atomic mass is 10.3. The largest absolute Gasteiger partial charge is 0.342 e. The van der Waals surface area contributed by atoms with Gasteiger partial charge >= 0.3 is 0 Å². The molecule has 1 aliphatic heterocycles. The normalized spacial score (nSPS) is 16.3. The number of nitrogens with zero attached hydrogens (tertiary/aromatic N) is 6. The first-order valence-corrected chi connectivity index (χ1v) is 6.81. The van der Waals surface area contributed by atoms with Crippen molar-refractivity contribution in [3.8, 4) is 0 Å². The molecule has 1 aliphatic rings. The molecular weight excluding hydrogens is 284 g/mol. The van der Waals surface area contributed by atoms with E-state index in [9.17, 15) is 0 Å². The van der Waals surface area contributed by atoms with E-state index in [1.54, 1.807) is 34.0 Å². The molecule has 0 aromatic carbocycles. The highest BCUT2D eigenvalue weighted by Gasteiger charge is 2.26. The van der Waals surface area contributed by atoms with Gasteiger partial charge in [0.25, 0.3) is 0 Å². The molecule has 22 heavy (non-hydrogen) atoms. The second-order valence-electron chi connectivity index (χ2n) is 4.83. The Balaban J connectivity index is 1.82. The fraction of sp³-hybridized carbons (Fsp3) is 0.250. The number of fused-ring (bicyclic) bond motifs is 3. The van der Waals surface area contributed by atoms with E-state index in [4.69, 9.17) is 11.1 Å². The van der Waals surface area contributed by atoms with Crippen LogP contribution >= 0.6 is 0 Å². The van der Waals surface area contributed by atoms with Crippen molar-refractivity contribution in [3.63, 3.8) is 0 Å². The molecule has 10 heteroatoms. The second kappa shape index (κ2) is 4.77. The van der Waals surface area contributed by atoms with Gasteiger partial charge in [-0.1, -0.05) is 0 Å². The van der Waals surface area contributed by atoms with E-state index in [1.165, 1.54) is 0 Å². The van der Waals surface area contributed by atoms with Crippen LogP contribution in [0.25, 0.3) is 11.0 Å². The summed E-state index contributed by atoms with van der Waals surface area (Å²) in [6.45, 7) is 1.01. The van der Waals surface area contributed by atoms with Crippen LogP contribution in [0.15, 0.2) is 24.7 Å². The van der Waals surface area contributed by atoms with Crippen LogP contribution in [0.5, 0.6) is 0 Å². The highest BCUT2D eigenvalue weighted by atomic mass is 15.6. The van der Waals surface area contributed by atoms with Crippen molar-refractivity contribution < 1.29 is 0 Å². The van der Waals surface area contributed by atoms with E-state index in [1.807, 2.05) is 0 Å². The van der Waals surface area contributed by atoms with Gasteiger partial charge in [-0.15, -0.1) is 0 Å². The number of nitrogens with one attached hydrogen (secondary N) is 3. The van der Waals surface area contributed by atoms with E-state index >= 15 is 0 Å². The number of hydrogen-bond donors (Lipinski definition) is 4. The highest BCUT2D eigenvalue weighted by Crippen LogP contribution is 2.27. The van der Waals surface area contributed by atoms with Gasteiger partial charge in [0.05, 0.1) is 18.1 Å². The minimum absolute atomic E-state index is 0.0761. The van der Waals surface area contributed by atoms with Crippen LogP contribution < -0.4 is 22.1 Å². The number of hydrogen-bond acceptors (Lipinski definition) is 8. The molecule has 0 spiro atoms. The van der Waals surface area contributed by atoms with Crippen LogP contribution in [0.3, 0.4) is 0 Å². The summed E-state index contributed by atoms with van der Waals surface area (Å²) in [4.78, 5) is 12.7. The van der Waals surface area contributed by atoms with Crippen molar-refractivity contribution in [2.75, 3.05) is 17.3 Å². The molecule has 0 radical (unpaired) electrons. The van der Waals surface area contributed by atoms with E-state index in [-0.39, 0.29) is 11.8 Å². The summed E-state index contributed by atoms with van der Waals surface area (Å²) in [7, 11) is 0. The van der Waals surface area contributed by atoms with Crippen LogP contribution in [0, 0.1) is 5.41 Å². The maximum Gasteiger partial charge on any atom is 0.244 e. The first-order valence-electron chi connectivity index (χ1n) is 6.81. The molecule has 1 unspecified atom stereocenters. The van der Waals surface area contributed by atoms with Gasteiger partial charge in [-0.05, 0) is 6.07 Å². The lowest BCUT2D eigenvalue weighted by Crippen LogP contribution is -2.29. The summed E-state index contributed by atoms with van der Waals surface area (Å²) in [5.74, 6) is 1.31. The fourth-order valence-electron chi connectivity index (χ4n) is 2.47. The zero-order valence-electron chi connectivity index (χ0n) is 11.6. The summed E-state index contributed by atoms with van der Waals surface area (Å²) in [5.41, 5.74) is 9.40. The molecule has 112 valence electrons. The van der Waals surface area contributed by atoms with Crippen LogP contribution in [0.4, 0.5) is 5.82 Å². The molecule has 0 saturated carbocycles. The molecular formula is C12H14N10. The van der Waals surface area contributed by atoms with Gasteiger partial charge in [0.2, 0.25) is 5.62 Å². The van der Waals surface area contributed by atoms with Crippen molar-refractivity contribution in [1.29, 1.82) is 5.41 Å². The molecule has 0 amide bonds. The lowest BCUT2D eigenvalue weighted by Gasteiger charge is -2.08. The molecule has 0 bridgehead atoms. The zero-order chi connectivity index (χ0) is 15.1. The standard InChI is InChI=1S/C12H14N10/c13-2-5-21-10-7(6-17-21)11-18-9(8-15-3-1-4-16-8)20-22(11)12(14)19-10/h1,3-4,6,9,14,18,20H,2,5,13H2. The van der Waals surface area contributed by atoms with Gasteiger partial charge in [0.1, 0.15) is 5.82 Å². The van der Waals surface area contributed by atoms with Crippen LogP contribution in [0.1, 0.15) is 12.0 Å². The molecule has 4 rings (SSSR count). The lowest BCUT2D eigenvalue weighted by molar-refractivity contribution is 0.635. The van der Waals surface area contributed by atoms with Crippen LogP contribution in [0.2, 0.25) is 0 Å². The van der Waals surface area contributed by atoms with Gasteiger partial charge in [0, 0.05) is 18.9 Å². The van der Waals surface area contributed by atoms with E-state index in [0.717, 1.165) is 11.2 Å². The number of aromatic nitrogens is 6. The Morgan fingerprint density at radius 2 is 2.14 bits per heavy atom. The average molecular weight is 298 g/mol. The summed E-state index contributed by atoms with van der Waals surface area (Å²) < 4.78 is 3.26. The van der Waals surface area contributed by atoms with Crippen molar-refractivity contribution >= 4 is 16.9 Å². The van der Waals surface area contributed by atoms with Crippen LogP contribution in [-0.4, -0.2) is 36.0 Å². The first-order chi connectivity index (χ1) is 10.8. The third-order valence-corrected chi connectivity index (χ3v) is 3.44. The smallest absolute Gasteiger partial charge is 0.244 e. The Kier molecular flexibility index (Phi) is 2.76. The number of nitrogens with two attached hydrogens (primary N) is 1. The van der Waals surface area contributed by atoms with Gasteiger partial charge in [-0.2, -0.15) is 10.1 Å². The Morgan fingerprint density at radius 1 is 1.32 bits per heavy atom. The quantitative estimate of drug-likeness (QED) is 0.493. The van der Waals surface area contributed by atoms with Gasteiger partial charge in [-0.3, -0.25) is 10.8 Å². The number of anilines is 1. The molecule has 3 aromatic heterocycles. The first kappa shape index (κ1) is 12.7. The van der Waals surface area contributed by atoms with Gasteiger partial charge < -0.3 is 11.1 Å². The Bertz CT molecular complexity index is 880. The molecule has 4 heterocycles. The Labute approximate surface area is 124 Å². The molecule has 0 saturated heterocycles. The fourth-order valence-corrected chi connectivity index (χ4v) is 2.47. The van der Waals surface area contributed by atoms with E-state index < -0.39 is 0 Å². The average Bonchev–Trinajstić information content (AvgIpc) is 3.14. The minimum Gasteiger partial charge on any atom is -0.342 e. The second-order valence-corrected chi connectivity index (χ2v) is 4.83. The maximum atomic E-state index is 8.09. The monoisotopic (exact) mass is 298 g/mol. The van der Waals surface area contributed by atoms with Crippen molar-refractivity contribution in [2.24, 2.45) is 5.73 Å². The minimum atomic E-state index is -0.324. The maximum absolute atomic E-state index is 8.09. The predicted molar refractivity (Wildman–Crippen MR) is 78.2 cm³/mol. The summed E-state index contributed by atoms with van der Waals surface area (Å²) in [6.07, 6.45) is 4.74. The molecule has 3 aromatic rings. The number of rotatable bonds is 3. The Hall–Kier alpha value is -3.01. The zero-order valence-corrected chi connectivity index (χ0v) is 11.6. The Morgan fingerprint density at radius 3 is 2.91 bits per heavy atom. The molecule has 5 N–H and O–H groups in total. The topological polar surface area (TPSA) is 135 Å². The van der Waals surface area contributed by atoms with E-state index in [0.29, 0.717) is 24.6 Å². The summed E-state index contributed by atoms with van der Waals surface area (Å²) in [6, 6.07) is 1.76. The van der Waals surface area contributed by atoms with Crippen molar-refractivity contribution in [1.82, 2.24) is 29.4 Å². The third-order valence-electron chi connectivity index (χ3n) is 3.44. The summed E-state index contributed by atoms with van der Waals surface area (Å²) in [5, 5.41) is 16.5.